The van der Waals surface area contributed by atoms with Gasteiger partial charge in [0.1, 0.15) is 12.0 Å². The molecule has 0 aromatic heterocycles. The lowest BCUT2D eigenvalue weighted by molar-refractivity contribution is -0.126. The molecule has 0 radical (unpaired) electrons. The Morgan fingerprint density at radius 1 is 1.13 bits per heavy atom. The molecule has 0 heterocycles. The first kappa shape index (κ1) is 15.8. The summed E-state index contributed by atoms with van der Waals surface area (Å²) in [6.07, 6.45) is 7.36. The maximum atomic E-state index is 13.0. The van der Waals surface area contributed by atoms with Gasteiger partial charge in [0, 0.05) is 11.3 Å². The molecule has 3 N–H and O–H groups in total. The van der Waals surface area contributed by atoms with Crippen LogP contribution in [0.15, 0.2) is 29.8 Å². The summed E-state index contributed by atoms with van der Waals surface area (Å²) in [7, 11) is 0. The van der Waals surface area contributed by atoms with E-state index in [1.54, 1.807) is 24.3 Å². The van der Waals surface area contributed by atoms with Crippen molar-refractivity contribution < 1.29 is 14.7 Å². The molecule has 4 nitrogen and oxygen atoms in total. The number of phenols is 1. The van der Waals surface area contributed by atoms with E-state index in [2.05, 4.69) is 0 Å². The SMILES string of the molecule is NC(=C(C(=O)C1(C=O)CC1)C1CCCCC1)c1ccc(O)cc1. The van der Waals surface area contributed by atoms with Crippen LogP contribution in [0.1, 0.15) is 50.5 Å². The third kappa shape index (κ3) is 3.03. The van der Waals surface area contributed by atoms with Crippen LogP contribution in [0.2, 0.25) is 0 Å². The maximum Gasteiger partial charge on any atom is 0.174 e. The van der Waals surface area contributed by atoms with E-state index in [0.29, 0.717) is 24.1 Å². The highest BCUT2D eigenvalue weighted by molar-refractivity contribution is 6.14. The molecule has 3 rings (SSSR count). The minimum Gasteiger partial charge on any atom is -0.508 e. The second-order valence-corrected chi connectivity index (χ2v) is 6.81. The Balaban J connectivity index is 2.02. The van der Waals surface area contributed by atoms with E-state index in [1.807, 2.05) is 0 Å². The molecule has 2 aliphatic rings. The molecular formula is C19H23NO3. The zero-order valence-corrected chi connectivity index (χ0v) is 13.3. The summed E-state index contributed by atoms with van der Waals surface area (Å²) < 4.78 is 0. The zero-order valence-electron chi connectivity index (χ0n) is 13.3. The number of rotatable bonds is 5. The Morgan fingerprint density at radius 3 is 2.26 bits per heavy atom. The summed E-state index contributed by atoms with van der Waals surface area (Å²) in [6.45, 7) is 0. The number of Topliss-reactive ketones (excluding diaryl/α,β-unsaturated/α-hetero) is 1. The molecule has 0 aliphatic heterocycles. The lowest BCUT2D eigenvalue weighted by Gasteiger charge is -2.27. The molecule has 2 saturated carbocycles. The summed E-state index contributed by atoms with van der Waals surface area (Å²) in [6, 6.07) is 6.58. The molecule has 4 heteroatoms. The standard InChI is InChI=1S/C19H23NO3/c20-17(14-6-8-15(22)9-7-14)16(13-4-2-1-3-5-13)18(23)19(12-21)10-11-19/h6-9,12-13,22H,1-5,10-11,20H2. The van der Waals surface area contributed by atoms with Crippen molar-refractivity contribution in [3.63, 3.8) is 0 Å². The van der Waals surface area contributed by atoms with Crippen LogP contribution in [0.4, 0.5) is 0 Å². The summed E-state index contributed by atoms with van der Waals surface area (Å²) in [5, 5.41) is 9.44. The van der Waals surface area contributed by atoms with E-state index >= 15 is 0 Å². The number of benzene rings is 1. The largest absolute Gasteiger partial charge is 0.508 e. The van der Waals surface area contributed by atoms with E-state index in [0.717, 1.165) is 37.5 Å². The highest BCUT2D eigenvalue weighted by Crippen LogP contribution is 2.49. The predicted molar refractivity (Wildman–Crippen MR) is 88.5 cm³/mol. The van der Waals surface area contributed by atoms with Gasteiger partial charge in [-0.25, -0.2) is 0 Å². The fourth-order valence-electron chi connectivity index (χ4n) is 3.52. The number of hydrogen-bond donors (Lipinski definition) is 2. The summed E-state index contributed by atoms with van der Waals surface area (Å²) in [4.78, 5) is 24.4. The highest BCUT2D eigenvalue weighted by Gasteiger charge is 2.52. The minimum absolute atomic E-state index is 0.0787. The molecule has 0 saturated heterocycles. The third-order valence-corrected chi connectivity index (χ3v) is 5.19. The first-order valence-electron chi connectivity index (χ1n) is 8.37. The molecule has 2 aliphatic carbocycles. The van der Waals surface area contributed by atoms with E-state index in [1.165, 1.54) is 6.42 Å². The Bertz CT molecular complexity index is 635. The van der Waals surface area contributed by atoms with Gasteiger partial charge in [-0.05, 0) is 61.4 Å². The van der Waals surface area contributed by atoms with E-state index < -0.39 is 5.41 Å². The average molecular weight is 313 g/mol. The van der Waals surface area contributed by atoms with Gasteiger partial charge in [-0.2, -0.15) is 0 Å². The van der Waals surface area contributed by atoms with E-state index in [9.17, 15) is 14.7 Å². The number of aromatic hydroxyl groups is 1. The molecular weight excluding hydrogens is 290 g/mol. The van der Waals surface area contributed by atoms with Gasteiger partial charge in [0.25, 0.3) is 0 Å². The number of carbonyl (C=O) groups is 2. The Hall–Kier alpha value is -2.10. The average Bonchev–Trinajstić information content (AvgIpc) is 3.38. The van der Waals surface area contributed by atoms with E-state index in [-0.39, 0.29) is 17.5 Å². The molecule has 0 spiro atoms. The Labute approximate surface area is 136 Å². The highest BCUT2D eigenvalue weighted by atomic mass is 16.3. The van der Waals surface area contributed by atoms with Crippen molar-refractivity contribution in [3.05, 3.63) is 35.4 Å². The number of ketones is 1. The molecule has 1 aromatic rings. The quantitative estimate of drug-likeness (QED) is 0.497. The molecule has 2 fully saturated rings. The van der Waals surface area contributed by atoms with Crippen molar-refractivity contribution in [2.45, 2.75) is 44.9 Å². The third-order valence-electron chi connectivity index (χ3n) is 5.19. The van der Waals surface area contributed by atoms with Gasteiger partial charge in [0.05, 0.1) is 5.41 Å². The first-order chi connectivity index (χ1) is 11.1. The van der Waals surface area contributed by atoms with Crippen molar-refractivity contribution in [1.82, 2.24) is 0 Å². The van der Waals surface area contributed by atoms with Crippen molar-refractivity contribution in [2.75, 3.05) is 0 Å². The molecule has 122 valence electrons. The van der Waals surface area contributed by atoms with Gasteiger partial charge in [0.15, 0.2) is 5.78 Å². The second kappa shape index (κ2) is 6.19. The van der Waals surface area contributed by atoms with Crippen LogP contribution in [0.5, 0.6) is 5.75 Å². The summed E-state index contributed by atoms with van der Waals surface area (Å²) in [5.41, 5.74) is 7.38. The lowest BCUT2D eigenvalue weighted by Crippen LogP contribution is -2.27. The summed E-state index contributed by atoms with van der Waals surface area (Å²) >= 11 is 0. The fourth-order valence-corrected chi connectivity index (χ4v) is 3.52. The Morgan fingerprint density at radius 2 is 1.74 bits per heavy atom. The van der Waals surface area contributed by atoms with Gasteiger partial charge in [-0.3, -0.25) is 4.79 Å². The monoisotopic (exact) mass is 313 g/mol. The van der Waals surface area contributed by atoms with Crippen molar-refractivity contribution in [1.29, 1.82) is 0 Å². The van der Waals surface area contributed by atoms with Crippen LogP contribution >= 0.6 is 0 Å². The fraction of sp³-hybridized carbons (Fsp3) is 0.474. The number of allylic oxidation sites excluding steroid dienone is 1. The molecule has 1 aromatic carbocycles. The molecule has 0 atom stereocenters. The zero-order chi connectivity index (χ0) is 16.4. The molecule has 0 bridgehead atoms. The first-order valence-corrected chi connectivity index (χ1v) is 8.37. The molecule has 23 heavy (non-hydrogen) atoms. The number of aldehydes is 1. The van der Waals surface area contributed by atoms with Crippen molar-refractivity contribution >= 4 is 17.8 Å². The van der Waals surface area contributed by atoms with Gasteiger partial charge in [0.2, 0.25) is 0 Å². The van der Waals surface area contributed by atoms with E-state index in [4.69, 9.17) is 5.73 Å². The summed E-state index contributed by atoms with van der Waals surface area (Å²) in [5.74, 6) is 0.228. The van der Waals surface area contributed by atoms with Gasteiger partial charge in [-0.15, -0.1) is 0 Å². The van der Waals surface area contributed by atoms with Gasteiger partial charge >= 0.3 is 0 Å². The lowest BCUT2D eigenvalue weighted by atomic mass is 9.77. The van der Waals surface area contributed by atoms with Crippen LogP contribution in [-0.2, 0) is 9.59 Å². The molecule has 0 amide bonds. The second-order valence-electron chi connectivity index (χ2n) is 6.81. The number of nitrogens with two attached hydrogens (primary N) is 1. The van der Waals surface area contributed by atoms with Crippen LogP contribution in [0.25, 0.3) is 5.70 Å². The Kier molecular flexibility index (Phi) is 4.24. The predicted octanol–water partition coefficient (Wildman–Crippen LogP) is 3.19. The number of phenolic OH excluding ortho intramolecular Hbond substituents is 1. The number of hydrogen-bond acceptors (Lipinski definition) is 4. The van der Waals surface area contributed by atoms with Crippen LogP contribution in [-0.4, -0.2) is 17.2 Å². The van der Waals surface area contributed by atoms with Crippen molar-refractivity contribution in [2.24, 2.45) is 17.1 Å². The van der Waals surface area contributed by atoms with Gasteiger partial charge < -0.3 is 15.6 Å². The van der Waals surface area contributed by atoms with Gasteiger partial charge in [-0.1, -0.05) is 19.3 Å². The molecule has 0 unspecified atom stereocenters. The number of carbonyl (C=O) groups excluding carboxylic acids is 2. The normalized spacial score (nSPS) is 21.4. The van der Waals surface area contributed by atoms with Crippen molar-refractivity contribution in [3.8, 4) is 5.75 Å². The maximum absolute atomic E-state index is 13.0. The van der Waals surface area contributed by atoms with Crippen LogP contribution in [0, 0.1) is 11.3 Å². The van der Waals surface area contributed by atoms with Crippen LogP contribution in [0.3, 0.4) is 0 Å². The minimum atomic E-state index is -0.825. The topological polar surface area (TPSA) is 80.4 Å². The smallest absolute Gasteiger partial charge is 0.174 e. The van der Waals surface area contributed by atoms with Crippen LogP contribution < -0.4 is 5.73 Å².